The minimum absolute atomic E-state index is 0.0130. The van der Waals surface area contributed by atoms with E-state index < -0.39 is 17.6 Å². The average Bonchev–Trinajstić information content (AvgIpc) is 2.66. The molecule has 0 unspecified atom stereocenters. The molecule has 0 radical (unpaired) electrons. The van der Waals surface area contributed by atoms with Crippen LogP contribution in [0.15, 0.2) is 26.1 Å². The number of nitrogens with two attached hydrogens (primary N) is 1. The molecule has 0 bridgehead atoms. The molecule has 3 heterocycles. The summed E-state index contributed by atoms with van der Waals surface area (Å²) in [5.41, 5.74) is 7.73. The lowest BCUT2D eigenvalue weighted by molar-refractivity contribution is -0.145. The molecule has 0 saturated heterocycles. The lowest BCUT2D eigenvalue weighted by Gasteiger charge is -2.27. The molecule has 3 N–H and O–H groups in total. The maximum Gasteiger partial charge on any atom is 0.449 e. The van der Waals surface area contributed by atoms with E-state index >= 15 is 0 Å². The predicted octanol–water partition coefficient (Wildman–Crippen LogP) is 2.65. The molecule has 1 aliphatic rings. The first-order chi connectivity index (χ1) is 14.0. The molecule has 2 aromatic heterocycles. The standard InChI is InChI=1S/C20H19F3N4O3/c1-9-5-11-15(6-10(9)2)30-17(24)13(16(11)28)8-27-4-3-14-12(7-27)18(29)26-19(25-14)20(21,22)23/h5-6H,3-4,7-8,24H2,1-2H3,(H,25,26,29). The van der Waals surface area contributed by atoms with Crippen molar-refractivity contribution in [3.63, 3.8) is 0 Å². The van der Waals surface area contributed by atoms with E-state index in [1.54, 1.807) is 22.0 Å². The Bertz CT molecular complexity index is 1280. The first-order valence-electron chi connectivity index (χ1n) is 9.28. The summed E-state index contributed by atoms with van der Waals surface area (Å²) in [6.45, 7) is 4.28. The van der Waals surface area contributed by atoms with Crippen molar-refractivity contribution in [2.45, 2.75) is 39.5 Å². The van der Waals surface area contributed by atoms with Crippen molar-refractivity contribution < 1.29 is 17.6 Å². The molecule has 0 atom stereocenters. The summed E-state index contributed by atoms with van der Waals surface area (Å²) in [5.74, 6) is -1.31. The Morgan fingerprint density at radius 2 is 1.93 bits per heavy atom. The molecule has 3 aromatic rings. The normalized spacial score (nSPS) is 14.8. The number of hydrogen-bond acceptors (Lipinski definition) is 6. The number of nitrogens with one attached hydrogen (secondary N) is 1. The second-order valence-electron chi connectivity index (χ2n) is 7.50. The monoisotopic (exact) mass is 420 g/mol. The largest absolute Gasteiger partial charge is 0.449 e. The fourth-order valence-electron chi connectivity index (χ4n) is 3.63. The van der Waals surface area contributed by atoms with Crippen LogP contribution in [0.4, 0.5) is 19.1 Å². The van der Waals surface area contributed by atoms with Crippen molar-refractivity contribution in [1.82, 2.24) is 14.9 Å². The highest BCUT2D eigenvalue weighted by Gasteiger charge is 2.36. The number of nitrogen functional groups attached to an aromatic ring is 1. The zero-order chi connectivity index (χ0) is 21.8. The average molecular weight is 420 g/mol. The third-order valence-electron chi connectivity index (χ3n) is 5.43. The van der Waals surface area contributed by atoms with Gasteiger partial charge in [0.1, 0.15) is 5.58 Å². The quantitative estimate of drug-likeness (QED) is 0.661. The summed E-state index contributed by atoms with van der Waals surface area (Å²) in [5, 5.41) is 0.411. The minimum atomic E-state index is -4.72. The van der Waals surface area contributed by atoms with Crippen molar-refractivity contribution >= 4 is 16.9 Å². The Kier molecular flexibility index (Phi) is 4.69. The Hall–Kier alpha value is -3.14. The van der Waals surface area contributed by atoms with Gasteiger partial charge in [-0.2, -0.15) is 13.2 Å². The van der Waals surface area contributed by atoms with Gasteiger partial charge in [-0.05, 0) is 37.1 Å². The third kappa shape index (κ3) is 3.47. The maximum atomic E-state index is 13.0. The van der Waals surface area contributed by atoms with Gasteiger partial charge in [-0.15, -0.1) is 0 Å². The third-order valence-corrected chi connectivity index (χ3v) is 5.43. The number of aromatic amines is 1. The van der Waals surface area contributed by atoms with E-state index in [0.717, 1.165) is 11.1 Å². The molecule has 10 heteroatoms. The van der Waals surface area contributed by atoms with E-state index in [2.05, 4.69) is 4.98 Å². The fourth-order valence-corrected chi connectivity index (χ4v) is 3.63. The Labute approximate surface area is 168 Å². The topological polar surface area (TPSA) is 105 Å². The molecule has 4 rings (SSSR count). The number of halogens is 3. The van der Waals surface area contributed by atoms with Gasteiger partial charge in [-0.3, -0.25) is 14.5 Å². The number of fused-ring (bicyclic) bond motifs is 2. The van der Waals surface area contributed by atoms with Crippen LogP contribution in [0, 0.1) is 13.8 Å². The minimum Gasteiger partial charge on any atom is -0.440 e. The highest BCUT2D eigenvalue weighted by atomic mass is 19.4. The number of H-pyrrole nitrogens is 1. The van der Waals surface area contributed by atoms with Gasteiger partial charge in [0.2, 0.25) is 5.82 Å². The molecule has 1 aromatic carbocycles. The lowest BCUT2D eigenvalue weighted by Crippen LogP contribution is -2.37. The van der Waals surface area contributed by atoms with Crippen LogP contribution < -0.4 is 16.7 Å². The number of alkyl halides is 3. The Balaban J connectivity index is 1.67. The zero-order valence-corrected chi connectivity index (χ0v) is 16.3. The number of rotatable bonds is 2. The summed E-state index contributed by atoms with van der Waals surface area (Å²) >= 11 is 0. The summed E-state index contributed by atoms with van der Waals surface area (Å²) in [6.07, 6.45) is -4.57. The SMILES string of the molecule is Cc1cc2oc(N)c(CN3CCc4nc(C(F)(F)F)[nH]c(=O)c4C3)c(=O)c2cc1C. The van der Waals surface area contributed by atoms with Crippen LogP contribution in [0.5, 0.6) is 0 Å². The van der Waals surface area contributed by atoms with Gasteiger partial charge in [-0.1, -0.05) is 0 Å². The van der Waals surface area contributed by atoms with E-state index in [4.69, 9.17) is 10.2 Å². The number of hydrogen-bond donors (Lipinski definition) is 2. The van der Waals surface area contributed by atoms with Crippen LogP contribution in [-0.2, 0) is 25.7 Å². The van der Waals surface area contributed by atoms with Gasteiger partial charge in [0.25, 0.3) is 5.56 Å². The molecule has 0 spiro atoms. The van der Waals surface area contributed by atoms with Gasteiger partial charge in [0, 0.05) is 26.1 Å². The molecule has 0 amide bonds. The van der Waals surface area contributed by atoms with Crippen LogP contribution in [0.25, 0.3) is 11.0 Å². The summed E-state index contributed by atoms with van der Waals surface area (Å²) < 4.78 is 44.3. The van der Waals surface area contributed by atoms with Crippen LogP contribution in [0.1, 0.15) is 33.8 Å². The van der Waals surface area contributed by atoms with E-state index in [-0.39, 0.29) is 47.6 Å². The summed E-state index contributed by atoms with van der Waals surface area (Å²) in [7, 11) is 0. The predicted molar refractivity (Wildman–Crippen MR) is 104 cm³/mol. The van der Waals surface area contributed by atoms with Gasteiger partial charge >= 0.3 is 6.18 Å². The molecule has 0 fully saturated rings. The van der Waals surface area contributed by atoms with E-state index in [9.17, 15) is 22.8 Å². The highest BCUT2D eigenvalue weighted by Crippen LogP contribution is 2.27. The van der Waals surface area contributed by atoms with E-state index in [1.807, 2.05) is 13.8 Å². The highest BCUT2D eigenvalue weighted by molar-refractivity contribution is 5.80. The fraction of sp³-hybridized carbons (Fsp3) is 0.350. The van der Waals surface area contributed by atoms with Crippen molar-refractivity contribution in [1.29, 1.82) is 0 Å². The maximum absolute atomic E-state index is 13.0. The van der Waals surface area contributed by atoms with Crippen molar-refractivity contribution in [2.24, 2.45) is 0 Å². The van der Waals surface area contributed by atoms with Crippen LogP contribution in [0.3, 0.4) is 0 Å². The molecule has 1 aliphatic heterocycles. The molecule has 0 saturated carbocycles. The molecular formula is C20H19F3N4O3. The van der Waals surface area contributed by atoms with Gasteiger partial charge in [0.15, 0.2) is 11.3 Å². The zero-order valence-electron chi connectivity index (χ0n) is 16.3. The molecular weight excluding hydrogens is 401 g/mol. The smallest absolute Gasteiger partial charge is 0.440 e. The molecule has 158 valence electrons. The number of benzene rings is 1. The second-order valence-corrected chi connectivity index (χ2v) is 7.50. The number of aryl methyl sites for hydroxylation is 2. The molecule has 30 heavy (non-hydrogen) atoms. The van der Waals surface area contributed by atoms with Crippen LogP contribution in [-0.4, -0.2) is 21.4 Å². The van der Waals surface area contributed by atoms with Gasteiger partial charge in [0.05, 0.1) is 22.2 Å². The number of anilines is 1. The van der Waals surface area contributed by atoms with Crippen molar-refractivity contribution in [2.75, 3.05) is 12.3 Å². The van der Waals surface area contributed by atoms with Crippen LogP contribution in [0.2, 0.25) is 0 Å². The number of nitrogens with zero attached hydrogens (tertiary/aromatic N) is 2. The first-order valence-corrected chi connectivity index (χ1v) is 9.28. The Morgan fingerprint density at radius 3 is 2.63 bits per heavy atom. The van der Waals surface area contributed by atoms with E-state index in [0.29, 0.717) is 17.5 Å². The van der Waals surface area contributed by atoms with Crippen LogP contribution >= 0.6 is 0 Å². The first kappa shape index (κ1) is 20.1. The van der Waals surface area contributed by atoms with Crippen molar-refractivity contribution in [3.8, 4) is 0 Å². The lowest BCUT2D eigenvalue weighted by atomic mass is 10.0. The second kappa shape index (κ2) is 6.98. The Morgan fingerprint density at radius 1 is 1.23 bits per heavy atom. The summed E-state index contributed by atoms with van der Waals surface area (Å²) in [4.78, 5) is 32.3. The van der Waals surface area contributed by atoms with E-state index in [1.165, 1.54) is 0 Å². The van der Waals surface area contributed by atoms with Gasteiger partial charge < -0.3 is 15.1 Å². The van der Waals surface area contributed by atoms with Gasteiger partial charge in [-0.25, -0.2) is 4.98 Å². The number of aromatic nitrogens is 2. The molecule has 0 aliphatic carbocycles. The van der Waals surface area contributed by atoms with Crippen molar-refractivity contribution in [3.05, 3.63) is 66.5 Å². The molecule has 7 nitrogen and oxygen atoms in total. The summed E-state index contributed by atoms with van der Waals surface area (Å²) in [6, 6.07) is 3.50.